The van der Waals surface area contributed by atoms with E-state index in [4.69, 9.17) is 11.6 Å². The van der Waals surface area contributed by atoms with Crippen molar-refractivity contribution in [2.45, 2.75) is 26.3 Å². The molecule has 2 aromatic carbocycles. The minimum atomic E-state index is -1.01. The highest BCUT2D eigenvalue weighted by Crippen LogP contribution is 2.22. The fourth-order valence-electron chi connectivity index (χ4n) is 2.95. The molecule has 0 aliphatic carbocycles. The summed E-state index contributed by atoms with van der Waals surface area (Å²) in [5, 5.41) is 16.7. The van der Waals surface area contributed by atoms with E-state index < -0.39 is 17.9 Å². The molecule has 0 bridgehead atoms. The normalized spacial score (nSPS) is 11.8. The number of aryl methyl sites for hydroxylation is 2. The van der Waals surface area contributed by atoms with E-state index >= 15 is 0 Å². The van der Waals surface area contributed by atoms with Gasteiger partial charge in [0.1, 0.15) is 5.82 Å². The van der Waals surface area contributed by atoms with E-state index in [-0.39, 0.29) is 12.2 Å². The van der Waals surface area contributed by atoms with Crippen molar-refractivity contribution in [3.8, 4) is 5.69 Å². The number of carboxylic acids is 1. The van der Waals surface area contributed by atoms with Gasteiger partial charge in [-0.2, -0.15) is 0 Å². The Labute approximate surface area is 167 Å². The lowest BCUT2D eigenvalue weighted by molar-refractivity contribution is -0.137. The van der Waals surface area contributed by atoms with Gasteiger partial charge >= 0.3 is 5.97 Å². The van der Waals surface area contributed by atoms with Crippen molar-refractivity contribution >= 4 is 23.5 Å². The number of nitrogens with one attached hydrogen (secondary N) is 1. The number of benzene rings is 2. The van der Waals surface area contributed by atoms with Crippen LogP contribution in [-0.4, -0.2) is 31.7 Å². The monoisotopic (exact) mass is 398 g/mol. The second kappa shape index (κ2) is 8.22. The Kier molecular flexibility index (Phi) is 5.75. The second-order valence-corrected chi connectivity index (χ2v) is 6.73. The fraction of sp³-hybridized carbons (Fsp3) is 0.200. The number of aliphatic carboxylic acids is 1. The smallest absolute Gasteiger partial charge is 0.305 e. The van der Waals surface area contributed by atoms with Crippen LogP contribution in [-0.2, 0) is 4.79 Å². The molecule has 0 fully saturated rings. The quantitative estimate of drug-likeness (QED) is 0.662. The lowest BCUT2D eigenvalue weighted by atomic mass is 9.99. The second-order valence-electron chi connectivity index (χ2n) is 6.33. The molecule has 0 spiro atoms. The van der Waals surface area contributed by atoms with Gasteiger partial charge in [0.25, 0.3) is 5.91 Å². The molecular formula is C20H19ClN4O3. The minimum absolute atomic E-state index is 0.0543. The highest BCUT2D eigenvalue weighted by molar-refractivity contribution is 6.32. The Morgan fingerprint density at radius 3 is 2.50 bits per heavy atom. The van der Waals surface area contributed by atoms with E-state index in [0.717, 1.165) is 11.1 Å². The number of rotatable bonds is 6. The standard InChI is InChI=1S/C20H19ClN4O3/c1-12-7-3-4-8-14(12)16(11-18(26)27)23-20(28)19-22-13(2)25(24-19)17-10-6-5-9-15(17)21/h3-10,16H,11H2,1-2H3,(H,23,28)(H,26,27)/t16-/m0/s1. The maximum absolute atomic E-state index is 12.7. The summed E-state index contributed by atoms with van der Waals surface area (Å²) in [6.45, 7) is 3.58. The average molecular weight is 399 g/mol. The number of halogens is 1. The van der Waals surface area contributed by atoms with E-state index in [1.807, 2.05) is 25.1 Å². The number of carbonyl (C=O) groups is 2. The van der Waals surface area contributed by atoms with Crippen LogP contribution in [0.1, 0.15) is 40.0 Å². The summed E-state index contributed by atoms with van der Waals surface area (Å²) >= 11 is 6.20. The molecule has 0 radical (unpaired) electrons. The van der Waals surface area contributed by atoms with Crippen LogP contribution < -0.4 is 5.32 Å². The lowest BCUT2D eigenvalue weighted by Crippen LogP contribution is -2.31. The Bertz CT molecular complexity index is 1030. The van der Waals surface area contributed by atoms with Crippen LogP contribution in [0.2, 0.25) is 5.02 Å². The first-order valence-electron chi connectivity index (χ1n) is 8.63. The number of carbonyl (C=O) groups excluding carboxylic acids is 1. The molecule has 1 heterocycles. The van der Waals surface area contributed by atoms with Crippen molar-refractivity contribution in [3.63, 3.8) is 0 Å². The van der Waals surface area contributed by atoms with Crippen molar-refractivity contribution in [3.05, 3.63) is 76.3 Å². The van der Waals surface area contributed by atoms with Gasteiger partial charge in [0.05, 0.1) is 23.2 Å². The molecule has 7 nitrogen and oxygen atoms in total. The Morgan fingerprint density at radius 1 is 1.14 bits per heavy atom. The fourth-order valence-corrected chi connectivity index (χ4v) is 3.17. The largest absolute Gasteiger partial charge is 0.481 e. The van der Waals surface area contributed by atoms with Crippen LogP contribution in [0.25, 0.3) is 5.69 Å². The third-order valence-electron chi connectivity index (χ3n) is 4.30. The number of carboxylic acid groups (broad SMARTS) is 1. The summed E-state index contributed by atoms with van der Waals surface area (Å²) in [5.41, 5.74) is 2.23. The van der Waals surface area contributed by atoms with Crippen LogP contribution in [0.5, 0.6) is 0 Å². The SMILES string of the molecule is Cc1ccccc1[C@H](CC(=O)O)NC(=O)c1nc(C)n(-c2ccccc2Cl)n1. The zero-order valence-corrected chi connectivity index (χ0v) is 16.1. The Balaban J connectivity index is 1.89. The number of para-hydroxylation sites is 1. The first-order chi connectivity index (χ1) is 13.4. The summed E-state index contributed by atoms with van der Waals surface area (Å²) in [7, 11) is 0. The van der Waals surface area contributed by atoms with Gasteiger partial charge in [0.2, 0.25) is 5.82 Å². The van der Waals surface area contributed by atoms with E-state index in [1.54, 1.807) is 37.3 Å². The first-order valence-corrected chi connectivity index (χ1v) is 9.01. The van der Waals surface area contributed by atoms with E-state index in [1.165, 1.54) is 4.68 Å². The number of amides is 1. The minimum Gasteiger partial charge on any atom is -0.481 e. The number of hydrogen-bond donors (Lipinski definition) is 2. The van der Waals surface area contributed by atoms with Crippen molar-refractivity contribution in [2.24, 2.45) is 0 Å². The Morgan fingerprint density at radius 2 is 1.82 bits per heavy atom. The summed E-state index contributed by atoms with van der Waals surface area (Å²) in [4.78, 5) is 28.2. The van der Waals surface area contributed by atoms with Crippen LogP contribution >= 0.6 is 11.6 Å². The third kappa shape index (κ3) is 4.20. The topological polar surface area (TPSA) is 97.1 Å². The maximum atomic E-state index is 12.7. The number of aromatic nitrogens is 3. The van der Waals surface area contributed by atoms with Crippen LogP contribution in [0.3, 0.4) is 0 Å². The predicted molar refractivity (Wildman–Crippen MR) is 105 cm³/mol. The van der Waals surface area contributed by atoms with Gasteiger partial charge in [0, 0.05) is 0 Å². The molecule has 1 amide bonds. The average Bonchev–Trinajstić information content (AvgIpc) is 3.03. The van der Waals surface area contributed by atoms with Crippen LogP contribution in [0, 0.1) is 13.8 Å². The molecule has 28 heavy (non-hydrogen) atoms. The van der Waals surface area contributed by atoms with E-state index in [0.29, 0.717) is 16.5 Å². The van der Waals surface area contributed by atoms with E-state index in [9.17, 15) is 14.7 Å². The molecule has 3 aromatic rings. The van der Waals surface area contributed by atoms with Gasteiger partial charge in [-0.3, -0.25) is 9.59 Å². The molecule has 0 unspecified atom stereocenters. The van der Waals surface area contributed by atoms with Gasteiger partial charge in [0.15, 0.2) is 0 Å². The lowest BCUT2D eigenvalue weighted by Gasteiger charge is -2.18. The summed E-state index contributed by atoms with van der Waals surface area (Å²) in [6.07, 6.45) is -0.249. The molecule has 2 N–H and O–H groups in total. The Hall–Kier alpha value is -3.19. The molecule has 0 aliphatic heterocycles. The third-order valence-corrected chi connectivity index (χ3v) is 4.62. The maximum Gasteiger partial charge on any atom is 0.305 e. The molecular weight excluding hydrogens is 380 g/mol. The molecule has 0 saturated carbocycles. The van der Waals surface area contributed by atoms with Gasteiger partial charge < -0.3 is 10.4 Å². The van der Waals surface area contributed by atoms with Gasteiger partial charge in [-0.1, -0.05) is 48.0 Å². The van der Waals surface area contributed by atoms with Gasteiger partial charge in [-0.05, 0) is 37.1 Å². The molecule has 144 valence electrons. The predicted octanol–water partition coefficient (Wildman–Crippen LogP) is 3.48. The summed E-state index contributed by atoms with van der Waals surface area (Å²) < 4.78 is 1.48. The van der Waals surface area contributed by atoms with Crippen LogP contribution in [0.15, 0.2) is 48.5 Å². The van der Waals surface area contributed by atoms with Crippen molar-refractivity contribution in [1.82, 2.24) is 20.1 Å². The van der Waals surface area contributed by atoms with Gasteiger partial charge in [-0.15, -0.1) is 5.10 Å². The number of nitrogens with zero attached hydrogens (tertiary/aromatic N) is 3. The molecule has 0 saturated heterocycles. The zero-order valence-electron chi connectivity index (χ0n) is 15.4. The van der Waals surface area contributed by atoms with Crippen molar-refractivity contribution in [1.29, 1.82) is 0 Å². The molecule has 8 heteroatoms. The van der Waals surface area contributed by atoms with Crippen LogP contribution in [0.4, 0.5) is 0 Å². The highest BCUT2D eigenvalue weighted by atomic mass is 35.5. The first kappa shape index (κ1) is 19.6. The molecule has 0 aliphatic rings. The van der Waals surface area contributed by atoms with Crippen molar-refractivity contribution < 1.29 is 14.7 Å². The molecule has 1 atom stereocenters. The highest BCUT2D eigenvalue weighted by Gasteiger charge is 2.23. The summed E-state index contributed by atoms with van der Waals surface area (Å²) in [5.74, 6) is -1.13. The molecule has 1 aromatic heterocycles. The summed E-state index contributed by atoms with van der Waals surface area (Å²) in [6, 6.07) is 13.7. The molecule has 3 rings (SSSR count). The zero-order chi connectivity index (χ0) is 20.3. The van der Waals surface area contributed by atoms with E-state index in [2.05, 4.69) is 15.4 Å². The number of hydrogen-bond acceptors (Lipinski definition) is 4. The van der Waals surface area contributed by atoms with Gasteiger partial charge in [-0.25, -0.2) is 9.67 Å². The van der Waals surface area contributed by atoms with Crippen molar-refractivity contribution in [2.75, 3.05) is 0 Å².